The fraction of sp³-hybridized carbons (Fsp3) is 0.375. The predicted molar refractivity (Wildman–Crippen MR) is 85.8 cm³/mol. The minimum Gasteiger partial charge on any atom is -0.383 e. The molecule has 1 N–H and O–H groups in total. The van der Waals surface area contributed by atoms with Gasteiger partial charge in [0.25, 0.3) is 5.91 Å². The van der Waals surface area contributed by atoms with Crippen LogP contribution < -0.4 is 5.32 Å². The number of carbonyl (C=O) groups excluding carboxylic acids is 2. The molecule has 0 bridgehead atoms. The lowest BCUT2D eigenvalue weighted by Gasteiger charge is -2.20. The highest BCUT2D eigenvalue weighted by molar-refractivity contribution is 6.35. The van der Waals surface area contributed by atoms with E-state index < -0.39 is 0 Å². The van der Waals surface area contributed by atoms with Crippen molar-refractivity contribution in [3.05, 3.63) is 46.6 Å². The van der Waals surface area contributed by atoms with E-state index in [4.69, 9.17) is 11.6 Å². The molecular formula is C16H21ClN2O2. The molecule has 114 valence electrons. The number of benzene rings is 1. The number of hydrogen-bond acceptors (Lipinski definition) is 3. The summed E-state index contributed by atoms with van der Waals surface area (Å²) in [5.41, 5.74) is 0.483. The molecule has 5 heteroatoms. The van der Waals surface area contributed by atoms with Gasteiger partial charge in [0.15, 0.2) is 5.78 Å². The molecule has 0 spiro atoms. The van der Waals surface area contributed by atoms with Crippen LogP contribution in [0.15, 0.2) is 30.5 Å². The summed E-state index contributed by atoms with van der Waals surface area (Å²) in [6.07, 6.45) is 3.09. The summed E-state index contributed by atoms with van der Waals surface area (Å²) in [6, 6.07) is 4.69. The largest absolute Gasteiger partial charge is 0.383 e. The SMILES string of the molecule is CN(C)/C=C/C(=O)c1ccc(C(=O)NC(C)(C)C)cc1Cl. The minimum absolute atomic E-state index is 0.198. The number of carbonyl (C=O) groups is 2. The quantitative estimate of drug-likeness (QED) is 0.687. The highest BCUT2D eigenvalue weighted by atomic mass is 35.5. The fourth-order valence-corrected chi connectivity index (χ4v) is 1.85. The zero-order valence-electron chi connectivity index (χ0n) is 13.0. The first kappa shape index (κ1) is 17.2. The van der Waals surface area contributed by atoms with Gasteiger partial charge in [-0.05, 0) is 39.0 Å². The number of nitrogens with one attached hydrogen (secondary N) is 1. The summed E-state index contributed by atoms with van der Waals surface area (Å²) >= 11 is 6.11. The normalized spacial score (nSPS) is 11.5. The molecule has 0 aromatic heterocycles. The van der Waals surface area contributed by atoms with Crippen LogP contribution in [0, 0.1) is 0 Å². The van der Waals surface area contributed by atoms with E-state index in [9.17, 15) is 9.59 Å². The van der Waals surface area contributed by atoms with Crippen LogP contribution in [0.25, 0.3) is 0 Å². The van der Waals surface area contributed by atoms with Crippen molar-refractivity contribution in [3.63, 3.8) is 0 Å². The Bertz CT molecular complexity index is 572. The van der Waals surface area contributed by atoms with Gasteiger partial charge in [-0.15, -0.1) is 0 Å². The monoisotopic (exact) mass is 308 g/mol. The highest BCUT2D eigenvalue weighted by Crippen LogP contribution is 2.19. The molecule has 0 saturated carbocycles. The molecule has 1 rings (SSSR count). The Morgan fingerprint density at radius 2 is 1.86 bits per heavy atom. The second kappa shape index (κ2) is 6.76. The molecule has 21 heavy (non-hydrogen) atoms. The van der Waals surface area contributed by atoms with Crippen LogP contribution in [-0.2, 0) is 0 Å². The summed E-state index contributed by atoms with van der Waals surface area (Å²) in [5.74, 6) is -0.413. The molecular weight excluding hydrogens is 288 g/mol. The van der Waals surface area contributed by atoms with E-state index in [2.05, 4.69) is 5.32 Å². The van der Waals surface area contributed by atoms with Gasteiger partial charge in [-0.2, -0.15) is 0 Å². The molecule has 0 atom stereocenters. The molecule has 0 saturated heterocycles. The standard InChI is InChI=1S/C16H21ClN2O2/c1-16(2,3)18-15(21)11-6-7-12(13(17)10-11)14(20)8-9-19(4)5/h6-10H,1-5H3,(H,18,21)/b9-8+. The highest BCUT2D eigenvalue weighted by Gasteiger charge is 2.17. The average Bonchev–Trinajstić information content (AvgIpc) is 2.33. The van der Waals surface area contributed by atoms with Crippen molar-refractivity contribution in [2.45, 2.75) is 26.3 Å². The van der Waals surface area contributed by atoms with Crippen LogP contribution in [-0.4, -0.2) is 36.2 Å². The summed E-state index contributed by atoms with van der Waals surface area (Å²) in [6.45, 7) is 5.70. The predicted octanol–water partition coefficient (Wildman–Crippen LogP) is 3.13. The van der Waals surface area contributed by atoms with Crippen molar-refractivity contribution in [2.75, 3.05) is 14.1 Å². The van der Waals surface area contributed by atoms with Gasteiger partial charge in [0.1, 0.15) is 0 Å². The maximum atomic E-state index is 12.0. The van der Waals surface area contributed by atoms with Crippen LogP contribution in [0.5, 0.6) is 0 Å². The van der Waals surface area contributed by atoms with E-state index >= 15 is 0 Å². The summed E-state index contributed by atoms with van der Waals surface area (Å²) in [5, 5.41) is 3.12. The molecule has 0 aliphatic rings. The van der Waals surface area contributed by atoms with Gasteiger partial charge in [0.2, 0.25) is 0 Å². The van der Waals surface area contributed by atoms with Crippen molar-refractivity contribution in [1.82, 2.24) is 10.2 Å². The number of halogens is 1. The first-order valence-corrected chi connectivity index (χ1v) is 6.99. The number of ketones is 1. The second-order valence-corrected chi connectivity index (χ2v) is 6.45. The molecule has 0 aliphatic carbocycles. The van der Waals surface area contributed by atoms with Crippen LogP contribution in [0.2, 0.25) is 5.02 Å². The smallest absolute Gasteiger partial charge is 0.251 e. The number of hydrogen-bond donors (Lipinski definition) is 1. The summed E-state index contributed by atoms with van der Waals surface area (Å²) < 4.78 is 0. The van der Waals surface area contributed by atoms with Crippen molar-refractivity contribution >= 4 is 23.3 Å². The molecule has 0 heterocycles. The zero-order valence-corrected chi connectivity index (χ0v) is 13.8. The van der Waals surface area contributed by atoms with E-state index in [0.717, 1.165) is 0 Å². The molecule has 1 amide bonds. The molecule has 0 aliphatic heterocycles. The lowest BCUT2D eigenvalue weighted by Crippen LogP contribution is -2.40. The molecule has 0 unspecified atom stereocenters. The Hall–Kier alpha value is -1.81. The Morgan fingerprint density at radius 1 is 1.24 bits per heavy atom. The molecule has 0 fully saturated rings. The fourth-order valence-electron chi connectivity index (χ4n) is 1.58. The van der Waals surface area contributed by atoms with Crippen LogP contribution in [0.4, 0.5) is 0 Å². The first-order valence-electron chi connectivity index (χ1n) is 6.61. The summed E-state index contributed by atoms with van der Waals surface area (Å²) in [7, 11) is 3.65. The van der Waals surface area contributed by atoms with Crippen LogP contribution >= 0.6 is 11.6 Å². The Kier molecular flexibility index (Phi) is 5.55. The van der Waals surface area contributed by atoms with Gasteiger partial charge in [0, 0.05) is 43.0 Å². The average molecular weight is 309 g/mol. The minimum atomic E-state index is -0.327. The van der Waals surface area contributed by atoms with Gasteiger partial charge >= 0.3 is 0 Å². The lowest BCUT2D eigenvalue weighted by molar-refractivity contribution is 0.0918. The molecule has 0 radical (unpaired) electrons. The lowest BCUT2D eigenvalue weighted by atomic mass is 10.1. The van der Waals surface area contributed by atoms with Crippen LogP contribution in [0.3, 0.4) is 0 Å². The molecule has 1 aromatic carbocycles. The van der Waals surface area contributed by atoms with Gasteiger partial charge in [-0.3, -0.25) is 9.59 Å². The maximum Gasteiger partial charge on any atom is 0.251 e. The van der Waals surface area contributed by atoms with Gasteiger partial charge in [0.05, 0.1) is 5.02 Å². The number of nitrogens with zero attached hydrogens (tertiary/aromatic N) is 1. The topological polar surface area (TPSA) is 49.4 Å². The Morgan fingerprint density at radius 3 is 2.33 bits per heavy atom. The van der Waals surface area contributed by atoms with E-state index in [-0.39, 0.29) is 22.3 Å². The van der Waals surface area contributed by atoms with Gasteiger partial charge in [-0.25, -0.2) is 0 Å². The van der Waals surface area contributed by atoms with E-state index in [0.29, 0.717) is 11.1 Å². The van der Waals surface area contributed by atoms with Crippen molar-refractivity contribution in [1.29, 1.82) is 0 Å². The number of allylic oxidation sites excluding steroid dienone is 1. The Balaban J connectivity index is 2.95. The number of rotatable bonds is 4. The third-order valence-electron chi connectivity index (χ3n) is 2.51. The third-order valence-corrected chi connectivity index (χ3v) is 2.82. The molecule has 4 nitrogen and oxygen atoms in total. The van der Waals surface area contributed by atoms with Crippen molar-refractivity contribution in [3.8, 4) is 0 Å². The second-order valence-electron chi connectivity index (χ2n) is 6.04. The van der Waals surface area contributed by atoms with Crippen LogP contribution in [0.1, 0.15) is 41.5 Å². The maximum absolute atomic E-state index is 12.0. The van der Waals surface area contributed by atoms with Gasteiger partial charge < -0.3 is 10.2 Å². The van der Waals surface area contributed by atoms with Crippen molar-refractivity contribution in [2.24, 2.45) is 0 Å². The van der Waals surface area contributed by atoms with Gasteiger partial charge in [-0.1, -0.05) is 11.6 Å². The van der Waals surface area contributed by atoms with E-state index in [1.165, 1.54) is 12.1 Å². The zero-order chi connectivity index (χ0) is 16.2. The van der Waals surface area contributed by atoms with E-state index in [1.54, 1.807) is 23.2 Å². The van der Waals surface area contributed by atoms with E-state index in [1.807, 2.05) is 34.9 Å². The number of amides is 1. The Labute approximate surface area is 130 Å². The third kappa shape index (κ3) is 5.60. The molecule has 1 aromatic rings. The summed E-state index contributed by atoms with van der Waals surface area (Å²) in [4.78, 5) is 25.8. The first-order chi connectivity index (χ1) is 9.60. The van der Waals surface area contributed by atoms with Crippen molar-refractivity contribution < 1.29 is 9.59 Å².